The maximum Gasteiger partial charge on any atom is 0.337 e. The minimum atomic E-state index is -0.993. The Morgan fingerprint density at radius 1 is 1.35 bits per heavy atom. The van der Waals surface area contributed by atoms with E-state index in [1.54, 1.807) is 24.3 Å². The van der Waals surface area contributed by atoms with Gasteiger partial charge in [-0.05, 0) is 36.2 Å². The molecule has 0 bridgehead atoms. The number of aromatic nitrogens is 1. The molecule has 1 heterocycles. The molecule has 0 saturated carbocycles. The highest BCUT2D eigenvalue weighted by Gasteiger charge is 2.12. The van der Waals surface area contributed by atoms with E-state index in [-0.39, 0.29) is 5.56 Å². The van der Waals surface area contributed by atoms with E-state index in [9.17, 15) is 4.79 Å². The molecule has 2 aromatic rings. The molecule has 17 heavy (non-hydrogen) atoms. The Labute approximate surface area is 104 Å². The summed E-state index contributed by atoms with van der Waals surface area (Å²) in [5.41, 5.74) is 2.36. The van der Waals surface area contributed by atoms with Crippen LogP contribution in [0.5, 0.6) is 0 Å². The highest BCUT2D eigenvalue weighted by molar-refractivity contribution is 6.30. The van der Waals surface area contributed by atoms with Crippen molar-refractivity contribution in [3.05, 3.63) is 52.8 Å². The zero-order valence-electron chi connectivity index (χ0n) is 9.14. The quantitative estimate of drug-likeness (QED) is 0.885. The van der Waals surface area contributed by atoms with E-state index in [4.69, 9.17) is 16.7 Å². The summed E-state index contributed by atoms with van der Waals surface area (Å²) in [5, 5.41) is 9.69. The highest BCUT2D eigenvalue weighted by Crippen LogP contribution is 2.26. The molecule has 3 nitrogen and oxygen atoms in total. The van der Waals surface area contributed by atoms with Gasteiger partial charge in [0.1, 0.15) is 0 Å². The largest absolute Gasteiger partial charge is 0.478 e. The van der Waals surface area contributed by atoms with Gasteiger partial charge < -0.3 is 5.11 Å². The molecule has 0 amide bonds. The molecule has 0 unspecified atom stereocenters. The number of rotatable bonds is 2. The average molecular weight is 248 g/mol. The Balaban J connectivity index is 2.65. The number of aromatic carboxylic acids is 1. The van der Waals surface area contributed by atoms with Gasteiger partial charge in [-0.25, -0.2) is 4.79 Å². The SMILES string of the molecule is Cc1cc(-c2cccc(Cl)c2)c(C(=O)O)cn1. The molecule has 0 saturated heterocycles. The first-order valence-corrected chi connectivity index (χ1v) is 5.41. The standard InChI is InChI=1S/C13H10ClNO2/c1-8-5-11(12(7-15-8)13(16)17)9-3-2-4-10(14)6-9/h2-7H,1H3,(H,16,17). The maximum atomic E-state index is 11.1. The van der Waals surface area contributed by atoms with Crippen LogP contribution in [0.4, 0.5) is 0 Å². The Morgan fingerprint density at radius 3 is 2.76 bits per heavy atom. The summed E-state index contributed by atoms with van der Waals surface area (Å²) in [6.45, 7) is 1.82. The van der Waals surface area contributed by atoms with Gasteiger partial charge in [-0.2, -0.15) is 0 Å². The van der Waals surface area contributed by atoms with Crippen LogP contribution >= 0.6 is 11.6 Å². The molecular formula is C13H10ClNO2. The third-order valence-electron chi connectivity index (χ3n) is 2.41. The number of aryl methyl sites for hydroxylation is 1. The van der Waals surface area contributed by atoms with Gasteiger partial charge in [0, 0.05) is 16.9 Å². The molecule has 0 aliphatic carbocycles. The van der Waals surface area contributed by atoms with E-state index in [0.717, 1.165) is 11.3 Å². The fourth-order valence-corrected chi connectivity index (χ4v) is 1.82. The highest BCUT2D eigenvalue weighted by atomic mass is 35.5. The topological polar surface area (TPSA) is 50.2 Å². The number of halogens is 1. The van der Waals surface area contributed by atoms with Crippen molar-refractivity contribution in [2.24, 2.45) is 0 Å². The summed E-state index contributed by atoms with van der Waals surface area (Å²) < 4.78 is 0. The van der Waals surface area contributed by atoms with Crippen molar-refractivity contribution in [1.29, 1.82) is 0 Å². The van der Waals surface area contributed by atoms with Crippen LogP contribution in [0.15, 0.2) is 36.5 Å². The second-order valence-electron chi connectivity index (χ2n) is 3.69. The molecule has 2 rings (SSSR count). The predicted octanol–water partition coefficient (Wildman–Crippen LogP) is 3.41. The number of hydrogen-bond donors (Lipinski definition) is 1. The summed E-state index contributed by atoms with van der Waals surface area (Å²) in [5.74, 6) is -0.993. The molecule has 0 radical (unpaired) electrons. The van der Waals surface area contributed by atoms with Gasteiger partial charge in [0.25, 0.3) is 0 Å². The van der Waals surface area contributed by atoms with Gasteiger partial charge in [0.2, 0.25) is 0 Å². The lowest BCUT2D eigenvalue weighted by Crippen LogP contribution is -2.01. The Morgan fingerprint density at radius 2 is 2.12 bits per heavy atom. The smallest absolute Gasteiger partial charge is 0.337 e. The minimum Gasteiger partial charge on any atom is -0.478 e. The zero-order chi connectivity index (χ0) is 12.4. The Kier molecular flexibility index (Phi) is 3.11. The molecule has 1 N–H and O–H groups in total. The van der Waals surface area contributed by atoms with E-state index in [0.29, 0.717) is 10.6 Å². The summed E-state index contributed by atoms with van der Waals surface area (Å²) in [6, 6.07) is 8.85. The van der Waals surface area contributed by atoms with Crippen LogP contribution in [0.2, 0.25) is 5.02 Å². The Bertz CT molecular complexity index is 581. The predicted molar refractivity (Wildman–Crippen MR) is 66.4 cm³/mol. The van der Waals surface area contributed by atoms with Crippen molar-refractivity contribution in [2.75, 3.05) is 0 Å². The normalized spacial score (nSPS) is 10.2. The van der Waals surface area contributed by atoms with Crippen LogP contribution < -0.4 is 0 Å². The Hall–Kier alpha value is -1.87. The molecule has 4 heteroatoms. The molecule has 0 fully saturated rings. The lowest BCUT2D eigenvalue weighted by molar-refractivity contribution is 0.0697. The fourth-order valence-electron chi connectivity index (χ4n) is 1.63. The van der Waals surface area contributed by atoms with Gasteiger partial charge in [0.05, 0.1) is 5.56 Å². The number of hydrogen-bond acceptors (Lipinski definition) is 2. The summed E-state index contributed by atoms with van der Waals surface area (Å²) in [4.78, 5) is 15.1. The first-order valence-electron chi connectivity index (χ1n) is 5.04. The third-order valence-corrected chi connectivity index (χ3v) is 2.64. The zero-order valence-corrected chi connectivity index (χ0v) is 9.90. The van der Waals surface area contributed by atoms with Crippen molar-refractivity contribution in [3.8, 4) is 11.1 Å². The van der Waals surface area contributed by atoms with Crippen LogP contribution in [-0.2, 0) is 0 Å². The summed E-state index contributed by atoms with van der Waals surface area (Å²) in [7, 11) is 0. The van der Waals surface area contributed by atoms with Gasteiger partial charge in [-0.1, -0.05) is 23.7 Å². The van der Waals surface area contributed by atoms with Gasteiger partial charge >= 0.3 is 5.97 Å². The monoisotopic (exact) mass is 247 g/mol. The second kappa shape index (κ2) is 4.55. The lowest BCUT2D eigenvalue weighted by Gasteiger charge is -2.07. The molecule has 0 aliphatic rings. The number of carboxylic acids is 1. The van der Waals surface area contributed by atoms with Crippen LogP contribution in [0, 0.1) is 6.92 Å². The van der Waals surface area contributed by atoms with Gasteiger partial charge in [0.15, 0.2) is 0 Å². The van der Waals surface area contributed by atoms with Crippen molar-refractivity contribution < 1.29 is 9.90 Å². The van der Waals surface area contributed by atoms with E-state index in [2.05, 4.69) is 4.98 Å². The van der Waals surface area contributed by atoms with Crippen molar-refractivity contribution in [3.63, 3.8) is 0 Å². The van der Waals surface area contributed by atoms with Crippen LogP contribution in [-0.4, -0.2) is 16.1 Å². The molecule has 0 atom stereocenters. The van der Waals surface area contributed by atoms with E-state index in [1.165, 1.54) is 6.20 Å². The lowest BCUT2D eigenvalue weighted by atomic mass is 10.0. The third kappa shape index (κ3) is 2.45. The molecule has 1 aromatic carbocycles. The van der Waals surface area contributed by atoms with E-state index < -0.39 is 5.97 Å². The maximum absolute atomic E-state index is 11.1. The number of carbonyl (C=O) groups is 1. The van der Waals surface area contributed by atoms with E-state index >= 15 is 0 Å². The molecule has 0 aliphatic heterocycles. The number of pyridine rings is 1. The fraction of sp³-hybridized carbons (Fsp3) is 0.0769. The summed E-state index contributed by atoms with van der Waals surface area (Å²) >= 11 is 5.90. The number of benzene rings is 1. The first kappa shape index (κ1) is 11.6. The number of nitrogens with zero attached hydrogens (tertiary/aromatic N) is 1. The van der Waals surface area contributed by atoms with Crippen molar-refractivity contribution >= 4 is 17.6 Å². The van der Waals surface area contributed by atoms with Crippen molar-refractivity contribution in [2.45, 2.75) is 6.92 Å². The second-order valence-corrected chi connectivity index (χ2v) is 4.12. The van der Waals surface area contributed by atoms with Crippen LogP contribution in [0.25, 0.3) is 11.1 Å². The molecule has 86 valence electrons. The van der Waals surface area contributed by atoms with Crippen LogP contribution in [0.1, 0.15) is 16.1 Å². The van der Waals surface area contributed by atoms with E-state index in [1.807, 2.05) is 13.0 Å². The van der Waals surface area contributed by atoms with Gasteiger partial charge in [-0.15, -0.1) is 0 Å². The van der Waals surface area contributed by atoms with Crippen LogP contribution in [0.3, 0.4) is 0 Å². The average Bonchev–Trinajstić information content (AvgIpc) is 2.28. The molecule has 1 aromatic heterocycles. The van der Waals surface area contributed by atoms with Gasteiger partial charge in [-0.3, -0.25) is 4.98 Å². The molecular weight excluding hydrogens is 238 g/mol. The molecule has 0 spiro atoms. The minimum absolute atomic E-state index is 0.179. The number of carboxylic acid groups (broad SMARTS) is 1. The summed E-state index contributed by atoms with van der Waals surface area (Å²) in [6.07, 6.45) is 1.37. The van der Waals surface area contributed by atoms with Crippen molar-refractivity contribution in [1.82, 2.24) is 4.98 Å². The first-order chi connectivity index (χ1) is 8.08.